The summed E-state index contributed by atoms with van der Waals surface area (Å²) in [6.07, 6.45) is 1.71. The van der Waals surface area contributed by atoms with E-state index < -0.39 is 0 Å². The molecule has 1 aliphatic carbocycles. The number of amides is 2. The standard InChI is InChI=1S/C13H16N2O2/c1-8(16)14-12-4-3-10-5-13(15-9(2)17)7-11(10)6-12/h3-4,6,13H,5,7H2,1-2H3,(H,14,16)(H,15,17). The largest absolute Gasteiger partial charge is 0.353 e. The Kier molecular flexibility index (Phi) is 3.13. The minimum Gasteiger partial charge on any atom is -0.353 e. The average molecular weight is 232 g/mol. The minimum atomic E-state index is -0.0682. The van der Waals surface area contributed by atoms with Gasteiger partial charge in [0.1, 0.15) is 0 Å². The third kappa shape index (κ3) is 2.84. The van der Waals surface area contributed by atoms with E-state index in [0.29, 0.717) is 0 Å². The number of anilines is 1. The van der Waals surface area contributed by atoms with E-state index in [1.165, 1.54) is 25.0 Å². The molecule has 0 saturated carbocycles. The molecule has 1 aromatic rings. The van der Waals surface area contributed by atoms with Crippen molar-refractivity contribution in [3.05, 3.63) is 29.3 Å². The second-order valence-corrected chi connectivity index (χ2v) is 4.47. The number of hydrogen-bond acceptors (Lipinski definition) is 2. The molecular weight excluding hydrogens is 216 g/mol. The van der Waals surface area contributed by atoms with Gasteiger partial charge in [0.25, 0.3) is 0 Å². The van der Waals surface area contributed by atoms with E-state index in [2.05, 4.69) is 10.6 Å². The molecule has 1 aliphatic rings. The van der Waals surface area contributed by atoms with Crippen molar-refractivity contribution < 1.29 is 9.59 Å². The molecule has 90 valence electrons. The highest BCUT2D eigenvalue weighted by Crippen LogP contribution is 2.25. The molecule has 2 N–H and O–H groups in total. The van der Waals surface area contributed by atoms with Gasteiger partial charge in [0.05, 0.1) is 0 Å². The maximum atomic E-state index is 11.0. The Morgan fingerprint density at radius 2 is 1.82 bits per heavy atom. The summed E-state index contributed by atoms with van der Waals surface area (Å²) in [7, 11) is 0. The first-order valence-electron chi connectivity index (χ1n) is 5.71. The lowest BCUT2D eigenvalue weighted by molar-refractivity contribution is -0.119. The molecule has 0 aliphatic heterocycles. The van der Waals surface area contributed by atoms with Crippen molar-refractivity contribution in [1.29, 1.82) is 0 Å². The van der Waals surface area contributed by atoms with Crippen LogP contribution in [0.1, 0.15) is 25.0 Å². The summed E-state index contributed by atoms with van der Waals surface area (Å²) in [5.74, 6) is -0.0637. The van der Waals surface area contributed by atoms with Gasteiger partial charge in [-0.1, -0.05) is 6.07 Å². The summed E-state index contributed by atoms with van der Waals surface area (Å²) in [6, 6.07) is 6.09. The molecule has 2 amide bonds. The van der Waals surface area contributed by atoms with E-state index >= 15 is 0 Å². The van der Waals surface area contributed by atoms with Crippen molar-refractivity contribution in [2.24, 2.45) is 0 Å². The van der Waals surface area contributed by atoms with Crippen molar-refractivity contribution in [3.8, 4) is 0 Å². The maximum absolute atomic E-state index is 11.0. The quantitative estimate of drug-likeness (QED) is 0.806. The summed E-state index contributed by atoms with van der Waals surface area (Å²) in [5, 5.41) is 5.69. The molecule has 4 heteroatoms. The molecule has 0 radical (unpaired) electrons. The van der Waals surface area contributed by atoms with Crippen LogP contribution in [0.4, 0.5) is 5.69 Å². The van der Waals surface area contributed by atoms with Crippen LogP contribution < -0.4 is 10.6 Å². The monoisotopic (exact) mass is 232 g/mol. The zero-order valence-corrected chi connectivity index (χ0v) is 10.0. The van der Waals surface area contributed by atoms with Crippen molar-refractivity contribution in [2.75, 3.05) is 5.32 Å². The normalized spacial score (nSPS) is 17.4. The summed E-state index contributed by atoms with van der Waals surface area (Å²) in [4.78, 5) is 22.0. The lowest BCUT2D eigenvalue weighted by atomic mass is 10.1. The number of carbonyl (C=O) groups is 2. The van der Waals surface area contributed by atoms with E-state index in [1.807, 2.05) is 18.2 Å². The van der Waals surface area contributed by atoms with E-state index in [0.717, 1.165) is 18.5 Å². The van der Waals surface area contributed by atoms with Crippen molar-refractivity contribution >= 4 is 17.5 Å². The molecule has 2 rings (SSSR count). The molecule has 0 fully saturated rings. The topological polar surface area (TPSA) is 58.2 Å². The number of nitrogens with one attached hydrogen (secondary N) is 2. The predicted octanol–water partition coefficient (Wildman–Crippen LogP) is 1.25. The molecule has 4 nitrogen and oxygen atoms in total. The minimum absolute atomic E-state index is 0.00453. The predicted molar refractivity (Wildman–Crippen MR) is 65.8 cm³/mol. The van der Waals surface area contributed by atoms with Crippen molar-refractivity contribution in [1.82, 2.24) is 5.32 Å². The second kappa shape index (κ2) is 4.57. The molecular formula is C13H16N2O2. The van der Waals surface area contributed by atoms with Crippen LogP contribution in [-0.2, 0) is 22.4 Å². The first-order valence-corrected chi connectivity index (χ1v) is 5.71. The van der Waals surface area contributed by atoms with Gasteiger partial charge in [-0.15, -0.1) is 0 Å². The van der Waals surface area contributed by atoms with Crippen LogP contribution in [0.15, 0.2) is 18.2 Å². The molecule has 0 bridgehead atoms. The molecule has 1 atom stereocenters. The number of fused-ring (bicyclic) bond motifs is 1. The average Bonchev–Trinajstić information content (AvgIpc) is 2.56. The van der Waals surface area contributed by atoms with Gasteiger partial charge in [-0.05, 0) is 36.1 Å². The molecule has 17 heavy (non-hydrogen) atoms. The fraction of sp³-hybridized carbons (Fsp3) is 0.385. The van der Waals surface area contributed by atoms with Gasteiger partial charge in [0, 0.05) is 25.6 Å². The lowest BCUT2D eigenvalue weighted by Crippen LogP contribution is -2.33. The zero-order valence-electron chi connectivity index (χ0n) is 10.0. The summed E-state index contributed by atoms with van der Waals surface area (Å²) >= 11 is 0. The summed E-state index contributed by atoms with van der Waals surface area (Å²) < 4.78 is 0. The van der Waals surface area contributed by atoms with Crippen molar-refractivity contribution in [3.63, 3.8) is 0 Å². The van der Waals surface area contributed by atoms with Crippen LogP contribution in [0.2, 0.25) is 0 Å². The first-order chi connectivity index (χ1) is 8.04. The Balaban J connectivity index is 2.10. The number of hydrogen-bond donors (Lipinski definition) is 2. The van der Waals surface area contributed by atoms with Gasteiger partial charge >= 0.3 is 0 Å². The Labute approximate surface area is 100 Å². The van der Waals surface area contributed by atoms with Gasteiger partial charge in [-0.25, -0.2) is 0 Å². The van der Waals surface area contributed by atoms with Crippen LogP contribution in [0, 0.1) is 0 Å². The Bertz CT molecular complexity index is 468. The van der Waals surface area contributed by atoms with Crippen LogP contribution >= 0.6 is 0 Å². The Morgan fingerprint density at radius 1 is 1.12 bits per heavy atom. The van der Waals surface area contributed by atoms with Gasteiger partial charge in [-0.2, -0.15) is 0 Å². The molecule has 0 aromatic heterocycles. The second-order valence-electron chi connectivity index (χ2n) is 4.47. The van der Waals surface area contributed by atoms with Gasteiger partial charge < -0.3 is 10.6 Å². The summed E-state index contributed by atoms with van der Waals surface area (Å²) in [5.41, 5.74) is 3.27. The van der Waals surface area contributed by atoms with E-state index in [1.54, 1.807) is 0 Å². The number of benzene rings is 1. The summed E-state index contributed by atoms with van der Waals surface area (Å²) in [6.45, 7) is 3.03. The van der Waals surface area contributed by atoms with Crippen LogP contribution in [0.3, 0.4) is 0 Å². The van der Waals surface area contributed by atoms with Crippen LogP contribution in [0.25, 0.3) is 0 Å². The van der Waals surface area contributed by atoms with Crippen LogP contribution in [-0.4, -0.2) is 17.9 Å². The number of rotatable bonds is 2. The van der Waals surface area contributed by atoms with E-state index in [-0.39, 0.29) is 17.9 Å². The van der Waals surface area contributed by atoms with Crippen LogP contribution in [0.5, 0.6) is 0 Å². The van der Waals surface area contributed by atoms with E-state index in [4.69, 9.17) is 0 Å². The molecule has 0 spiro atoms. The zero-order chi connectivity index (χ0) is 12.4. The third-order valence-corrected chi connectivity index (χ3v) is 2.87. The SMILES string of the molecule is CC(=O)Nc1ccc2c(c1)CC(NC(C)=O)C2. The third-order valence-electron chi connectivity index (χ3n) is 2.87. The Hall–Kier alpha value is -1.84. The Morgan fingerprint density at radius 3 is 2.47 bits per heavy atom. The fourth-order valence-corrected chi connectivity index (χ4v) is 2.29. The van der Waals surface area contributed by atoms with Gasteiger partial charge in [0.2, 0.25) is 11.8 Å². The highest BCUT2D eigenvalue weighted by molar-refractivity contribution is 5.88. The lowest BCUT2D eigenvalue weighted by Gasteiger charge is -2.08. The molecule has 0 heterocycles. The highest BCUT2D eigenvalue weighted by Gasteiger charge is 2.22. The van der Waals surface area contributed by atoms with Crippen molar-refractivity contribution in [2.45, 2.75) is 32.7 Å². The maximum Gasteiger partial charge on any atom is 0.221 e. The molecule has 0 saturated heterocycles. The molecule has 1 aromatic carbocycles. The molecule has 1 unspecified atom stereocenters. The smallest absolute Gasteiger partial charge is 0.221 e. The number of carbonyl (C=O) groups excluding carboxylic acids is 2. The van der Waals surface area contributed by atoms with Gasteiger partial charge in [0.15, 0.2) is 0 Å². The highest BCUT2D eigenvalue weighted by atomic mass is 16.2. The fourth-order valence-electron chi connectivity index (χ4n) is 2.29. The first kappa shape index (κ1) is 11.6. The van der Waals surface area contributed by atoms with E-state index in [9.17, 15) is 9.59 Å². The van der Waals surface area contributed by atoms with Gasteiger partial charge in [-0.3, -0.25) is 9.59 Å².